The van der Waals surface area contributed by atoms with Crippen LogP contribution in [0.15, 0.2) is 0 Å². The third-order valence-electron chi connectivity index (χ3n) is 3.78. The zero-order chi connectivity index (χ0) is 12.7. The Labute approximate surface area is 118 Å². The van der Waals surface area contributed by atoms with Crippen molar-refractivity contribution < 1.29 is 4.79 Å². The van der Waals surface area contributed by atoms with Crippen molar-refractivity contribution in [2.45, 2.75) is 46.5 Å². The molecule has 1 saturated heterocycles. The van der Waals surface area contributed by atoms with Gasteiger partial charge in [-0.3, -0.25) is 4.79 Å². The van der Waals surface area contributed by atoms with Crippen LogP contribution < -0.4 is 5.32 Å². The quantitative estimate of drug-likeness (QED) is 0.739. The fourth-order valence-corrected chi connectivity index (χ4v) is 2.18. The van der Waals surface area contributed by atoms with Crippen LogP contribution in [0, 0.1) is 11.8 Å². The first-order valence-electron chi connectivity index (χ1n) is 7.20. The zero-order valence-corrected chi connectivity index (χ0v) is 12.9. The Hall–Kier alpha value is -0.280. The van der Waals surface area contributed by atoms with Crippen molar-refractivity contribution in [3.63, 3.8) is 0 Å². The Balaban J connectivity index is 0.00000289. The number of nitrogens with zero attached hydrogens (tertiary/aromatic N) is 1. The molecule has 0 spiro atoms. The highest BCUT2D eigenvalue weighted by Gasteiger charge is 2.31. The molecule has 0 saturated carbocycles. The lowest BCUT2D eigenvalue weighted by Crippen LogP contribution is -2.50. The molecule has 1 amide bonds. The first-order chi connectivity index (χ1) is 8.20. The summed E-state index contributed by atoms with van der Waals surface area (Å²) in [6, 6.07) is 0. The average Bonchev–Trinajstić information content (AvgIpc) is 2.26. The summed E-state index contributed by atoms with van der Waals surface area (Å²) in [7, 11) is 0. The van der Waals surface area contributed by atoms with Crippen molar-refractivity contribution in [1.82, 2.24) is 10.2 Å². The molecule has 0 radical (unpaired) electrons. The number of carbonyl (C=O) groups excluding carboxylic acids is 1. The second kappa shape index (κ2) is 9.62. The van der Waals surface area contributed by atoms with E-state index in [2.05, 4.69) is 31.0 Å². The third kappa shape index (κ3) is 5.15. The SMILES string of the molecule is CCCCN(CCCC)C(=O)C(C)C1CNC1.Cl. The van der Waals surface area contributed by atoms with E-state index in [9.17, 15) is 4.79 Å². The van der Waals surface area contributed by atoms with E-state index in [1.165, 1.54) is 0 Å². The lowest BCUT2D eigenvalue weighted by Gasteiger charge is -2.35. The van der Waals surface area contributed by atoms with Gasteiger partial charge in [0.15, 0.2) is 0 Å². The molecule has 0 aromatic rings. The topological polar surface area (TPSA) is 32.3 Å². The Kier molecular flexibility index (Phi) is 9.47. The minimum Gasteiger partial charge on any atom is -0.342 e. The Morgan fingerprint density at radius 2 is 1.72 bits per heavy atom. The summed E-state index contributed by atoms with van der Waals surface area (Å²) in [6.45, 7) is 10.4. The van der Waals surface area contributed by atoms with Gasteiger partial charge in [0, 0.05) is 19.0 Å². The molecule has 1 aliphatic rings. The lowest BCUT2D eigenvalue weighted by atomic mass is 9.88. The summed E-state index contributed by atoms with van der Waals surface area (Å²) in [5, 5.41) is 3.25. The lowest BCUT2D eigenvalue weighted by molar-refractivity contribution is -0.137. The fourth-order valence-electron chi connectivity index (χ4n) is 2.18. The zero-order valence-electron chi connectivity index (χ0n) is 12.1. The Bertz CT molecular complexity index is 224. The molecule has 1 fully saturated rings. The first kappa shape index (κ1) is 17.7. The highest BCUT2D eigenvalue weighted by Crippen LogP contribution is 2.19. The van der Waals surface area contributed by atoms with Crippen LogP contribution in [0.1, 0.15) is 46.5 Å². The van der Waals surface area contributed by atoms with Crippen LogP contribution in [-0.4, -0.2) is 37.0 Å². The van der Waals surface area contributed by atoms with Gasteiger partial charge in [-0.2, -0.15) is 0 Å². The monoisotopic (exact) mass is 276 g/mol. The smallest absolute Gasteiger partial charge is 0.225 e. The largest absolute Gasteiger partial charge is 0.342 e. The summed E-state index contributed by atoms with van der Waals surface area (Å²) in [5.41, 5.74) is 0. The molecule has 1 aliphatic heterocycles. The molecule has 1 heterocycles. The molecule has 3 nitrogen and oxygen atoms in total. The number of carbonyl (C=O) groups is 1. The molecule has 1 unspecified atom stereocenters. The number of hydrogen-bond acceptors (Lipinski definition) is 2. The van der Waals surface area contributed by atoms with Gasteiger partial charge in [0.25, 0.3) is 0 Å². The molecule has 1 rings (SSSR count). The predicted octanol–water partition coefficient (Wildman–Crippen LogP) is 2.69. The van der Waals surface area contributed by atoms with Crippen LogP contribution >= 0.6 is 12.4 Å². The van der Waals surface area contributed by atoms with Crippen molar-refractivity contribution in [3.05, 3.63) is 0 Å². The number of nitrogens with one attached hydrogen (secondary N) is 1. The molecular weight excluding hydrogens is 248 g/mol. The standard InChI is InChI=1S/C14H28N2O.ClH/c1-4-6-8-16(9-7-5-2)14(17)12(3)13-10-15-11-13;/h12-13,15H,4-11H2,1-3H3;1H. The van der Waals surface area contributed by atoms with E-state index in [0.717, 1.165) is 51.9 Å². The van der Waals surface area contributed by atoms with Crippen LogP contribution in [-0.2, 0) is 4.79 Å². The molecule has 0 aliphatic carbocycles. The second-order valence-electron chi connectivity index (χ2n) is 5.24. The summed E-state index contributed by atoms with van der Waals surface area (Å²) >= 11 is 0. The predicted molar refractivity (Wildman–Crippen MR) is 79.2 cm³/mol. The van der Waals surface area contributed by atoms with Crippen LogP contribution in [0.3, 0.4) is 0 Å². The van der Waals surface area contributed by atoms with Crippen LogP contribution in [0.4, 0.5) is 0 Å². The Morgan fingerprint density at radius 1 is 1.22 bits per heavy atom. The number of hydrogen-bond donors (Lipinski definition) is 1. The molecule has 0 aromatic heterocycles. The van der Waals surface area contributed by atoms with Gasteiger partial charge < -0.3 is 10.2 Å². The van der Waals surface area contributed by atoms with Gasteiger partial charge in [0.1, 0.15) is 0 Å². The first-order valence-corrected chi connectivity index (χ1v) is 7.20. The highest BCUT2D eigenvalue weighted by atomic mass is 35.5. The molecular formula is C14H29ClN2O. The van der Waals surface area contributed by atoms with E-state index in [4.69, 9.17) is 0 Å². The van der Waals surface area contributed by atoms with Crippen molar-refractivity contribution in [2.24, 2.45) is 11.8 Å². The fraction of sp³-hybridized carbons (Fsp3) is 0.929. The summed E-state index contributed by atoms with van der Waals surface area (Å²) in [5.74, 6) is 1.14. The van der Waals surface area contributed by atoms with Crippen LogP contribution in [0.25, 0.3) is 0 Å². The van der Waals surface area contributed by atoms with Gasteiger partial charge in [0.05, 0.1) is 0 Å². The minimum atomic E-state index is 0. The number of halogens is 1. The highest BCUT2D eigenvalue weighted by molar-refractivity contribution is 5.85. The maximum atomic E-state index is 12.4. The van der Waals surface area contributed by atoms with Crippen molar-refractivity contribution in [3.8, 4) is 0 Å². The molecule has 18 heavy (non-hydrogen) atoms. The summed E-state index contributed by atoms with van der Waals surface area (Å²) < 4.78 is 0. The molecule has 1 atom stereocenters. The average molecular weight is 277 g/mol. The molecule has 0 aromatic carbocycles. The van der Waals surface area contributed by atoms with Gasteiger partial charge >= 0.3 is 0 Å². The molecule has 1 N–H and O–H groups in total. The normalized spacial score (nSPS) is 16.6. The maximum absolute atomic E-state index is 12.4. The van der Waals surface area contributed by atoms with Gasteiger partial charge in [-0.05, 0) is 31.8 Å². The van der Waals surface area contributed by atoms with E-state index in [1.54, 1.807) is 0 Å². The van der Waals surface area contributed by atoms with Gasteiger partial charge in [-0.25, -0.2) is 0 Å². The number of rotatable bonds is 8. The van der Waals surface area contributed by atoms with Crippen LogP contribution in [0.5, 0.6) is 0 Å². The van der Waals surface area contributed by atoms with Gasteiger partial charge in [-0.15, -0.1) is 12.4 Å². The molecule has 0 bridgehead atoms. The Morgan fingerprint density at radius 3 is 2.06 bits per heavy atom. The van der Waals surface area contributed by atoms with Gasteiger partial charge in [0.2, 0.25) is 5.91 Å². The van der Waals surface area contributed by atoms with Crippen molar-refractivity contribution >= 4 is 18.3 Å². The number of unbranched alkanes of at least 4 members (excludes halogenated alkanes) is 2. The van der Waals surface area contributed by atoms with E-state index in [1.807, 2.05) is 0 Å². The van der Waals surface area contributed by atoms with E-state index >= 15 is 0 Å². The van der Waals surface area contributed by atoms with Gasteiger partial charge in [-0.1, -0.05) is 33.6 Å². The second-order valence-corrected chi connectivity index (χ2v) is 5.24. The van der Waals surface area contributed by atoms with E-state index < -0.39 is 0 Å². The summed E-state index contributed by atoms with van der Waals surface area (Å²) in [6.07, 6.45) is 4.58. The minimum absolute atomic E-state index is 0. The maximum Gasteiger partial charge on any atom is 0.225 e. The summed E-state index contributed by atoms with van der Waals surface area (Å²) in [4.78, 5) is 14.5. The van der Waals surface area contributed by atoms with E-state index in [0.29, 0.717) is 11.8 Å². The number of amides is 1. The van der Waals surface area contributed by atoms with Crippen LogP contribution in [0.2, 0.25) is 0 Å². The molecule has 4 heteroatoms. The van der Waals surface area contributed by atoms with E-state index in [-0.39, 0.29) is 18.3 Å². The molecule has 108 valence electrons. The third-order valence-corrected chi connectivity index (χ3v) is 3.78. The van der Waals surface area contributed by atoms with Crippen molar-refractivity contribution in [2.75, 3.05) is 26.2 Å². The van der Waals surface area contributed by atoms with Crippen molar-refractivity contribution in [1.29, 1.82) is 0 Å².